The van der Waals surface area contributed by atoms with Crippen LogP contribution < -0.4 is 0 Å². The molecule has 0 aromatic heterocycles. The van der Waals surface area contributed by atoms with Crippen molar-refractivity contribution in [2.24, 2.45) is 0 Å². The summed E-state index contributed by atoms with van der Waals surface area (Å²) >= 11 is -4.08. The Morgan fingerprint density at radius 1 is 0.694 bits per heavy atom. The van der Waals surface area contributed by atoms with Crippen LogP contribution in [0.4, 0.5) is 0 Å². The van der Waals surface area contributed by atoms with Gasteiger partial charge in [-0.25, -0.2) is 0 Å². The summed E-state index contributed by atoms with van der Waals surface area (Å²) in [4.78, 5) is 0. The molecule has 4 unspecified atom stereocenters. The van der Waals surface area contributed by atoms with Crippen LogP contribution in [0.3, 0.4) is 0 Å². The Hall–Kier alpha value is -0.400. The number of halogens is 2. The molecule has 0 radical (unpaired) electrons. The van der Waals surface area contributed by atoms with E-state index in [1.165, 1.54) is 73.6 Å². The Morgan fingerprint density at radius 2 is 1.11 bits per heavy atom. The number of rotatable bonds is 13. The molecule has 0 amide bonds. The topological polar surface area (TPSA) is 0 Å². The Balaban J connectivity index is 1.56. The second-order valence-corrected chi connectivity index (χ2v) is 55.4. The molecule has 0 heterocycles. The molecule has 4 rings (SSSR count). The summed E-state index contributed by atoms with van der Waals surface area (Å²) in [6.07, 6.45) is 19.0. The Labute approximate surface area is 229 Å². The maximum absolute atomic E-state index is 8.19. The fraction of sp³-hybridized carbons (Fsp3) is 0.500. The van der Waals surface area contributed by atoms with Gasteiger partial charge in [-0.15, -0.1) is 0 Å². The molecule has 2 aromatic carbocycles. The normalized spacial score (nSPS) is 21.2. The summed E-state index contributed by atoms with van der Waals surface area (Å²) in [6, 6.07) is 17.8. The van der Waals surface area contributed by atoms with E-state index in [1.54, 1.807) is 0 Å². The molecule has 4 heteroatoms. The first-order valence-electron chi connectivity index (χ1n) is 14.4. The third kappa shape index (κ3) is 5.64. The molecule has 2 aromatic rings. The van der Waals surface area contributed by atoms with Gasteiger partial charge in [-0.3, -0.25) is 0 Å². The van der Waals surface area contributed by atoms with E-state index in [-0.39, 0.29) is 0 Å². The van der Waals surface area contributed by atoms with Crippen molar-refractivity contribution in [1.82, 2.24) is 0 Å². The average molecular weight is 620 g/mol. The van der Waals surface area contributed by atoms with Crippen molar-refractivity contribution < 1.29 is 15.6 Å². The quantitative estimate of drug-likeness (QED) is 0.196. The fourth-order valence-electron chi connectivity index (χ4n) is 7.28. The van der Waals surface area contributed by atoms with Crippen molar-refractivity contribution in [2.75, 3.05) is 0 Å². The van der Waals surface area contributed by atoms with Gasteiger partial charge in [-0.1, -0.05) is 0 Å². The summed E-state index contributed by atoms with van der Waals surface area (Å²) in [5.41, 5.74) is 5.76. The van der Waals surface area contributed by atoms with E-state index in [0.717, 1.165) is 0 Å². The van der Waals surface area contributed by atoms with E-state index in [4.69, 9.17) is 17.0 Å². The van der Waals surface area contributed by atoms with Crippen LogP contribution in [0.15, 0.2) is 60.7 Å². The predicted octanol–water partition coefficient (Wildman–Crippen LogP) is 11.3. The summed E-state index contributed by atoms with van der Waals surface area (Å²) in [5, 5.41) is 0. The van der Waals surface area contributed by atoms with Crippen molar-refractivity contribution >= 4 is 35.1 Å². The summed E-state index contributed by atoms with van der Waals surface area (Å²) in [7, 11) is 16.4. The van der Waals surface area contributed by atoms with E-state index < -0.39 is 21.5 Å². The maximum atomic E-state index is 8.19. The molecular weight excluding hydrogens is 575 g/mol. The number of allylic oxidation sites excluding steroid dienone is 2. The first kappa shape index (κ1) is 28.6. The SMILES string of the molecule is CCC[CH](CCC1C=Cc2ccccc21)[Zr]([Cl])([Cl])([CH](CCC)CCC1C=Cc2ccccc21)[SiH](C)C. The summed E-state index contributed by atoms with van der Waals surface area (Å²) in [6.45, 7) is 9.65. The van der Waals surface area contributed by atoms with Gasteiger partial charge in [0.2, 0.25) is 0 Å². The van der Waals surface area contributed by atoms with Crippen molar-refractivity contribution in [2.45, 2.75) is 97.4 Å². The zero-order valence-electron chi connectivity index (χ0n) is 22.7. The van der Waals surface area contributed by atoms with Crippen LogP contribution in [-0.2, 0) is 15.6 Å². The van der Waals surface area contributed by atoms with E-state index in [0.29, 0.717) is 19.1 Å². The van der Waals surface area contributed by atoms with Gasteiger partial charge < -0.3 is 0 Å². The molecule has 0 bridgehead atoms. The molecule has 195 valence electrons. The number of benzene rings is 2. The molecule has 0 nitrogen and oxygen atoms in total. The molecular formula is C32H45Cl2SiZr. The molecule has 36 heavy (non-hydrogen) atoms. The van der Waals surface area contributed by atoms with Gasteiger partial charge >= 0.3 is 231 Å². The van der Waals surface area contributed by atoms with Crippen LogP contribution in [0.1, 0.15) is 99.3 Å². The fourth-order valence-corrected chi connectivity index (χ4v) is 41.5. The second-order valence-electron chi connectivity index (χ2n) is 11.7. The molecule has 0 saturated carbocycles. The Kier molecular flexibility index (Phi) is 9.69. The molecule has 0 fully saturated rings. The van der Waals surface area contributed by atoms with Crippen molar-refractivity contribution in [3.63, 3.8) is 0 Å². The number of hydrogen-bond donors (Lipinski definition) is 0. The van der Waals surface area contributed by atoms with Crippen LogP contribution in [0.5, 0.6) is 0 Å². The third-order valence-corrected chi connectivity index (χ3v) is 66.8. The van der Waals surface area contributed by atoms with Gasteiger partial charge in [0.25, 0.3) is 0 Å². The van der Waals surface area contributed by atoms with Crippen LogP contribution in [0, 0.1) is 0 Å². The molecule has 4 atom stereocenters. The van der Waals surface area contributed by atoms with Crippen LogP contribution >= 0.6 is 17.0 Å². The summed E-state index contributed by atoms with van der Waals surface area (Å²) in [5.74, 6) is -0.215. The average Bonchev–Trinajstić information content (AvgIpc) is 3.48. The van der Waals surface area contributed by atoms with Gasteiger partial charge in [-0.2, -0.15) is 0 Å². The minimum atomic E-state index is -4.08. The summed E-state index contributed by atoms with van der Waals surface area (Å²) < 4.78 is 1.08. The third-order valence-electron chi connectivity index (χ3n) is 9.40. The first-order chi connectivity index (χ1) is 17.3. The molecule has 0 N–H and O–H groups in total. The van der Waals surface area contributed by atoms with Gasteiger partial charge in [0.05, 0.1) is 0 Å². The van der Waals surface area contributed by atoms with E-state index in [2.05, 4.69) is 99.8 Å². The minimum absolute atomic E-state index is 0.520. The van der Waals surface area contributed by atoms with Crippen molar-refractivity contribution in [3.8, 4) is 0 Å². The van der Waals surface area contributed by atoms with E-state index >= 15 is 0 Å². The Morgan fingerprint density at radius 3 is 1.50 bits per heavy atom. The van der Waals surface area contributed by atoms with Gasteiger partial charge in [0.1, 0.15) is 0 Å². The van der Waals surface area contributed by atoms with Crippen LogP contribution in [0.25, 0.3) is 12.2 Å². The predicted molar refractivity (Wildman–Crippen MR) is 163 cm³/mol. The molecule has 2 aliphatic carbocycles. The monoisotopic (exact) mass is 617 g/mol. The molecule has 0 saturated heterocycles. The molecule has 0 spiro atoms. The zero-order valence-corrected chi connectivity index (χ0v) is 27.9. The first-order valence-corrected chi connectivity index (χ1v) is 30.7. The van der Waals surface area contributed by atoms with Crippen molar-refractivity contribution in [3.05, 3.63) is 82.9 Å². The standard InChI is InChI=1S/2C15H19.C2H7Si.2ClH.Zr/c2*1-2-3-4-5-8-13-11-12-14-9-6-7-10-15(13)14;1-3-2;;;/h2*4,6-7,9-13H,2-3,5,8H2,1H3;3H,1-2H3;2*1H;/q;;;;;+2/p-2. The Bertz CT molecular complexity index is 1010. The molecule has 2 aliphatic rings. The van der Waals surface area contributed by atoms with Gasteiger partial charge in [-0.05, 0) is 0 Å². The van der Waals surface area contributed by atoms with Crippen molar-refractivity contribution in [1.29, 1.82) is 0 Å². The van der Waals surface area contributed by atoms with Gasteiger partial charge in [0, 0.05) is 0 Å². The molecule has 0 aliphatic heterocycles. The van der Waals surface area contributed by atoms with Gasteiger partial charge in [0.15, 0.2) is 0 Å². The van der Waals surface area contributed by atoms with E-state index in [9.17, 15) is 0 Å². The van der Waals surface area contributed by atoms with Crippen LogP contribution in [0.2, 0.25) is 20.3 Å². The number of fused-ring (bicyclic) bond motifs is 2. The van der Waals surface area contributed by atoms with Crippen LogP contribution in [-0.4, -0.2) is 5.92 Å². The van der Waals surface area contributed by atoms with E-state index in [1.807, 2.05) is 0 Å². The number of hydrogen-bond acceptors (Lipinski definition) is 0. The second kappa shape index (κ2) is 12.2. The zero-order chi connectivity index (χ0) is 25.8.